The van der Waals surface area contributed by atoms with Gasteiger partial charge in [-0.15, -0.1) is 0 Å². The second-order valence-electron chi connectivity index (χ2n) is 4.86. The van der Waals surface area contributed by atoms with Gasteiger partial charge in [0.05, 0.1) is 5.60 Å². The van der Waals surface area contributed by atoms with Crippen LogP contribution in [-0.4, -0.2) is 23.2 Å². The van der Waals surface area contributed by atoms with Crippen molar-refractivity contribution in [1.82, 2.24) is 5.32 Å². The molecule has 0 heterocycles. The van der Waals surface area contributed by atoms with Gasteiger partial charge in [0, 0.05) is 13.0 Å². The highest BCUT2D eigenvalue weighted by Gasteiger charge is 2.34. The highest BCUT2D eigenvalue weighted by atomic mass is 16.3. The molecule has 1 amide bonds. The van der Waals surface area contributed by atoms with Gasteiger partial charge >= 0.3 is 0 Å². The molecular formula is C11H19NO2. The molecule has 0 aromatic carbocycles. The largest absolute Gasteiger partial charge is 0.388 e. The fourth-order valence-electron chi connectivity index (χ4n) is 2.06. The van der Waals surface area contributed by atoms with Crippen molar-refractivity contribution in [2.75, 3.05) is 6.54 Å². The predicted octanol–water partition coefficient (Wildman–Crippen LogP) is 1.21. The predicted molar refractivity (Wildman–Crippen MR) is 53.8 cm³/mol. The van der Waals surface area contributed by atoms with Gasteiger partial charge in [-0.3, -0.25) is 4.79 Å². The third-order valence-electron chi connectivity index (χ3n) is 3.60. The lowest BCUT2D eigenvalue weighted by Gasteiger charge is -2.36. The Morgan fingerprint density at radius 2 is 2.07 bits per heavy atom. The molecule has 2 N–H and O–H groups in total. The Balaban J connectivity index is 1.61. The van der Waals surface area contributed by atoms with Crippen LogP contribution in [0, 0.1) is 5.92 Å². The summed E-state index contributed by atoms with van der Waals surface area (Å²) in [6.45, 7) is 0.457. The summed E-state index contributed by atoms with van der Waals surface area (Å²) >= 11 is 0. The van der Waals surface area contributed by atoms with E-state index in [0.717, 1.165) is 19.3 Å². The maximum Gasteiger partial charge on any atom is 0.220 e. The Morgan fingerprint density at radius 1 is 1.36 bits per heavy atom. The molecule has 3 nitrogen and oxygen atoms in total. The van der Waals surface area contributed by atoms with Crippen LogP contribution in [0.25, 0.3) is 0 Å². The van der Waals surface area contributed by atoms with Crippen LogP contribution in [0.4, 0.5) is 0 Å². The molecule has 14 heavy (non-hydrogen) atoms. The zero-order valence-corrected chi connectivity index (χ0v) is 8.59. The van der Waals surface area contributed by atoms with Crippen molar-refractivity contribution in [2.24, 2.45) is 5.92 Å². The Kier molecular flexibility index (Phi) is 2.77. The third kappa shape index (κ3) is 2.27. The van der Waals surface area contributed by atoms with Crippen molar-refractivity contribution in [3.8, 4) is 0 Å². The average Bonchev–Trinajstić information content (AvgIpc) is 2.05. The van der Waals surface area contributed by atoms with E-state index < -0.39 is 5.60 Å². The normalized spacial score (nSPS) is 24.9. The summed E-state index contributed by atoms with van der Waals surface area (Å²) in [5.74, 6) is 0.737. The minimum atomic E-state index is -0.574. The molecule has 0 aromatic heterocycles. The van der Waals surface area contributed by atoms with E-state index in [0.29, 0.717) is 18.9 Å². The van der Waals surface area contributed by atoms with E-state index >= 15 is 0 Å². The minimum Gasteiger partial charge on any atom is -0.388 e. The lowest BCUT2D eigenvalue weighted by atomic mass is 9.80. The summed E-state index contributed by atoms with van der Waals surface area (Å²) in [6.07, 6.45) is 7.13. The SMILES string of the molecule is O=C(CC1CCC1)NCC1(O)CCC1. The van der Waals surface area contributed by atoms with Gasteiger partial charge in [-0.05, 0) is 38.0 Å². The van der Waals surface area contributed by atoms with Gasteiger partial charge in [0.25, 0.3) is 0 Å². The van der Waals surface area contributed by atoms with Crippen molar-refractivity contribution in [3.05, 3.63) is 0 Å². The van der Waals surface area contributed by atoms with E-state index in [1.165, 1.54) is 19.3 Å². The van der Waals surface area contributed by atoms with Crippen LogP contribution in [0.5, 0.6) is 0 Å². The fourth-order valence-corrected chi connectivity index (χ4v) is 2.06. The van der Waals surface area contributed by atoms with Gasteiger partial charge in [-0.1, -0.05) is 6.42 Å². The summed E-state index contributed by atoms with van der Waals surface area (Å²) in [5.41, 5.74) is -0.574. The first-order chi connectivity index (χ1) is 6.68. The molecule has 0 bridgehead atoms. The van der Waals surface area contributed by atoms with Crippen LogP contribution in [0.2, 0.25) is 0 Å². The average molecular weight is 197 g/mol. The lowest BCUT2D eigenvalue weighted by Crippen LogP contribution is -2.48. The number of carbonyl (C=O) groups is 1. The van der Waals surface area contributed by atoms with Gasteiger partial charge in [0.15, 0.2) is 0 Å². The molecule has 0 atom stereocenters. The lowest BCUT2D eigenvalue weighted by molar-refractivity contribution is -0.125. The summed E-state index contributed by atoms with van der Waals surface area (Å²) in [4.78, 5) is 11.4. The number of amides is 1. The van der Waals surface area contributed by atoms with Crippen LogP contribution in [0.1, 0.15) is 44.9 Å². The van der Waals surface area contributed by atoms with Crippen molar-refractivity contribution >= 4 is 5.91 Å². The summed E-state index contributed by atoms with van der Waals surface area (Å²) in [6, 6.07) is 0. The van der Waals surface area contributed by atoms with Crippen LogP contribution in [0.15, 0.2) is 0 Å². The summed E-state index contributed by atoms with van der Waals surface area (Å²) in [5, 5.41) is 12.6. The van der Waals surface area contributed by atoms with Gasteiger partial charge in [0.2, 0.25) is 5.91 Å². The molecule has 2 fully saturated rings. The Labute approximate surface area is 84.9 Å². The third-order valence-corrected chi connectivity index (χ3v) is 3.60. The zero-order chi connectivity index (χ0) is 10.0. The Hall–Kier alpha value is -0.570. The molecule has 2 saturated carbocycles. The quantitative estimate of drug-likeness (QED) is 0.711. The minimum absolute atomic E-state index is 0.120. The van der Waals surface area contributed by atoms with Crippen LogP contribution < -0.4 is 5.32 Å². The molecule has 2 aliphatic carbocycles. The Bertz CT molecular complexity index is 219. The van der Waals surface area contributed by atoms with Crippen LogP contribution in [-0.2, 0) is 4.79 Å². The van der Waals surface area contributed by atoms with Crippen molar-refractivity contribution < 1.29 is 9.90 Å². The fraction of sp³-hybridized carbons (Fsp3) is 0.909. The highest BCUT2D eigenvalue weighted by Crippen LogP contribution is 2.31. The van der Waals surface area contributed by atoms with E-state index in [9.17, 15) is 9.90 Å². The maximum absolute atomic E-state index is 11.4. The number of carbonyl (C=O) groups excluding carboxylic acids is 1. The molecule has 3 heteroatoms. The molecule has 2 rings (SSSR count). The van der Waals surface area contributed by atoms with E-state index in [4.69, 9.17) is 0 Å². The van der Waals surface area contributed by atoms with Gasteiger partial charge in [0.1, 0.15) is 0 Å². The number of nitrogens with one attached hydrogen (secondary N) is 1. The van der Waals surface area contributed by atoms with Crippen LogP contribution >= 0.6 is 0 Å². The highest BCUT2D eigenvalue weighted by molar-refractivity contribution is 5.76. The van der Waals surface area contributed by atoms with E-state index in [1.54, 1.807) is 0 Å². The first-order valence-electron chi connectivity index (χ1n) is 5.67. The van der Waals surface area contributed by atoms with Crippen molar-refractivity contribution in [3.63, 3.8) is 0 Å². The molecule has 0 aliphatic heterocycles. The number of hydrogen-bond acceptors (Lipinski definition) is 2. The van der Waals surface area contributed by atoms with Crippen molar-refractivity contribution in [2.45, 2.75) is 50.5 Å². The number of hydrogen-bond donors (Lipinski definition) is 2. The zero-order valence-electron chi connectivity index (χ0n) is 8.59. The second kappa shape index (κ2) is 3.89. The topological polar surface area (TPSA) is 49.3 Å². The smallest absolute Gasteiger partial charge is 0.220 e. The van der Waals surface area contributed by atoms with Gasteiger partial charge in [-0.2, -0.15) is 0 Å². The molecule has 0 spiro atoms. The summed E-state index contributed by atoms with van der Waals surface area (Å²) in [7, 11) is 0. The van der Waals surface area contributed by atoms with Crippen molar-refractivity contribution in [1.29, 1.82) is 0 Å². The van der Waals surface area contributed by atoms with Gasteiger partial charge in [-0.25, -0.2) is 0 Å². The molecule has 80 valence electrons. The first-order valence-corrected chi connectivity index (χ1v) is 5.67. The van der Waals surface area contributed by atoms with Crippen LogP contribution in [0.3, 0.4) is 0 Å². The molecule has 0 saturated heterocycles. The monoisotopic (exact) mass is 197 g/mol. The molecule has 0 aromatic rings. The van der Waals surface area contributed by atoms with E-state index in [1.807, 2.05) is 0 Å². The molecule has 0 radical (unpaired) electrons. The standard InChI is InChI=1S/C11H19NO2/c13-10(7-9-3-1-4-9)12-8-11(14)5-2-6-11/h9,14H,1-8H2,(H,12,13). The number of aliphatic hydroxyl groups is 1. The molecule has 2 aliphatic rings. The Morgan fingerprint density at radius 3 is 2.50 bits per heavy atom. The molecular weight excluding hydrogens is 178 g/mol. The maximum atomic E-state index is 11.4. The summed E-state index contributed by atoms with van der Waals surface area (Å²) < 4.78 is 0. The molecule has 0 unspecified atom stereocenters. The number of rotatable bonds is 4. The second-order valence-corrected chi connectivity index (χ2v) is 4.86. The van der Waals surface area contributed by atoms with Gasteiger partial charge < -0.3 is 10.4 Å². The van der Waals surface area contributed by atoms with E-state index in [2.05, 4.69) is 5.32 Å². The van der Waals surface area contributed by atoms with E-state index in [-0.39, 0.29) is 5.91 Å². The first kappa shape index (κ1) is 9.97.